The summed E-state index contributed by atoms with van der Waals surface area (Å²) in [5.41, 5.74) is 3.02. The Balaban J connectivity index is 1.71. The SMILES string of the molecule is CCCCCCOc1ccc(-c2nc(-c3ccccc3)nc(-c3ccccc3)n2)c(O)c1C. The molecule has 4 aromatic rings. The second-order valence-corrected chi connectivity index (χ2v) is 8.03. The zero-order valence-electron chi connectivity index (χ0n) is 19.2. The summed E-state index contributed by atoms with van der Waals surface area (Å²) < 4.78 is 5.93. The first-order valence-electron chi connectivity index (χ1n) is 11.5. The molecule has 0 aliphatic heterocycles. The molecule has 0 bridgehead atoms. The molecule has 0 atom stereocenters. The molecule has 0 saturated heterocycles. The number of phenols is 1. The van der Waals surface area contributed by atoms with Crippen LogP contribution in [0.1, 0.15) is 38.2 Å². The van der Waals surface area contributed by atoms with E-state index in [-0.39, 0.29) is 5.75 Å². The Bertz CT molecular complexity index is 1140. The lowest BCUT2D eigenvalue weighted by Crippen LogP contribution is -2.02. The van der Waals surface area contributed by atoms with E-state index in [1.54, 1.807) is 0 Å². The number of rotatable bonds is 9. The Morgan fingerprint density at radius 1 is 0.697 bits per heavy atom. The minimum Gasteiger partial charge on any atom is -0.507 e. The van der Waals surface area contributed by atoms with Crippen molar-refractivity contribution in [2.75, 3.05) is 6.61 Å². The summed E-state index contributed by atoms with van der Waals surface area (Å²) in [6.45, 7) is 4.69. The van der Waals surface area contributed by atoms with Crippen molar-refractivity contribution in [3.05, 3.63) is 78.4 Å². The number of unbranched alkanes of at least 4 members (excludes halogenated alkanes) is 3. The summed E-state index contributed by atoms with van der Waals surface area (Å²) in [5, 5.41) is 11.0. The fourth-order valence-electron chi connectivity index (χ4n) is 3.66. The van der Waals surface area contributed by atoms with E-state index >= 15 is 0 Å². The van der Waals surface area contributed by atoms with E-state index in [1.165, 1.54) is 12.8 Å². The predicted molar refractivity (Wildman–Crippen MR) is 132 cm³/mol. The fraction of sp³-hybridized carbons (Fsp3) is 0.250. The lowest BCUT2D eigenvalue weighted by molar-refractivity contribution is 0.301. The molecular formula is C28H29N3O2. The van der Waals surface area contributed by atoms with Crippen LogP contribution in [0, 0.1) is 6.92 Å². The molecule has 0 fully saturated rings. The maximum atomic E-state index is 11.0. The predicted octanol–water partition coefficient (Wildman–Crippen LogP) is 6.85. The largest absolute Gasteiger partial charge is 0.507 e. The number of hydrogen-bond acceptors (Lipinski definition) is 5. The summed E-state index contributed by atoms with van der Waals surface area (Å²) in [6.07, 6.45) is 4.55. The highest BCUT2D eigenvalue weighted by atomic mass is 16.5. The summed E-state index contributed by atoms with van der Waals surface area (Å²) >= 11 is 0. The van der Waals surface area contributed by atoms with E-state index in [0.717, 1.165) is 24.0 Å². The molecule has 0 radical (unpaired) electrons. The third-order valence-electron chi connectivity index (χ3n) is 5.58. The number of nitrogens with zero attached hydrogens (tertiary/aromatic N) is 3. The van der Waals surface area contributed by atoms with E-state index in [9.17, 15) is 5.11 Å². The average Bonchev–Trinajstić information content (AvgIpc) is 2.87. The van der Waals surface area contributed by atoms with Crippen LogP contribution in [-0.2, 0) is 0 Å². The quantitative estimate of drug-likeness (QED) is 0.289. The number of benzene rings is 3. The van der Waals surface area contributed by atoms with Gasteiger partial charge in [0.25, 0.3) is 0 Å². The van der Waals surface area contributed by atoms with Gasteiger partial charge in [-0.15, -0.1) is 0 Å². The Morgan fingerprint density at radius 3 is 1.85 bits per heavy atom. The number of aromatic nitrogens is 3. The first kappa shape index (κ1) is 22.5. The van der Waals surface area contributed by atoms with E-state index in [2.05, 4.69) is 6.92 Å². The van der Waals surface area contributed by atoms with Gasteiger partial charge in [0.05, 0.1) is 12.2 Å². The molecule has 5 heteroatoms. The zero-order valence-corrected chi connectivity index (χ0v) is 19.2. The van der Waals surface area contributed by atoms with Gasteiger partial charge < -0.3 is 9.84 Å². The van der Waals surface area contributed by atoms with Gasteiger partial charge in [-0.25, -0.2) is 15.0 Å². The molecule has 0 unspecified atom stereocenters. The van der Waals surface area contributed by atoms with Crippen molar-refractivity contribution in [1.82, 2.24) is 15.0 Å². The van der Waals surface area contributed by atoms with E-state index in [0.29, 0.717) is 41.0 Å². The molecule has 1 heterocycles. The van der Waals surface area contributed by atoms with Crippen LogP contribution in [0.5, 0.6) is 11.5 Å². The Morgan fingerprint density at radius 2 is 1.27 bits per heavy atom. The second-order valence-electron chi connectivity index (χ2n) is 8.03. The average molecular weight is 440 g/mol. The molecule has 33 heavy (non-hydrogen) atoms. The van der Waals surface area contributed by atoms with Gasteiger partial charge in [0.15, 0.2) is 17.5 Å². The van der Waals surface area contributed by atoms with Crippen molar-refractivity contribution < 1.29 is 9.84 Å². The molecule has 0 spiro atoms. The van der Waals surface area contributed by atoms with Crippen LogP contribution in [-0.4, -0.2) is 26.7 Å². The molecule has 0 aliphatic rings. The topological polar surface area (TPSA) is 68.1 Å². The Kier molecular flexibility index (Phi) is 7.30. The monoisotopic (exact) mass is 439 g/mol. The number of aromatic hydroxyl groups is 1. The molecule has 0 saturated carbocycles. The minimum atomic E-state index is 0.130. The molecule has 3 aromatic carbocycles. The van der Waals surface area contributed by atoms with E-state index in [4.69, 9.17) is 19.7 Å². The van der Waals surface area contributed by atoms with Gasteiger partial charge in [0.2, 0.25) is 0 Å². The van der Waals surface area contributed by atoms with Crippen LogP contribution in [0.15, 0.2) is 72.8 Å². The summed E-state index contributed by atoms with van der Waals surface area (Å²) in [6, 6.07) is 23.3. The van der Waals surface area contributed by atoms with E-state index in [1.807, 2.05) is 79.7 Å². The zero-order chi connectivity index (χ0) is 23.0. The van der Waals surface area contributed by atoms with Gasteiger partial charge >= 0.3 is 0 Å². The minimum absolute atomic E-state index is 0.130. The van der Waals surface area contributed by atoms with Gasteiger partial charge in [-0.2, -0.15) is 0 Å². The lowest BCUT2D eigenvalue weighted by atomic mass is 10.1. The number of hydrogen-bond donors (Lipinski definition) is 1. The van der Waals surface area contributed by atoms with Gasteiger partial charge in [-0.3, -0.25) is 0 Å². The van der Waals surface area contributed by atoms with Crippen LogP contribution >= 0.6 is 0 Å². The van der Waals surface area contributed by atoms with Crippen LogP contribution in [0.25, 0.3) is 34.2 Å². The van der Waals surface area contributed by atoms with Crippen molar-refractivity contribution in [1.29, 1.82) is 0 Å². The first-order chi connectivity index (χ1) is 16.2. The molecule has 0 amide bonds. The smallest absolute Gasteiger partial charge is 0.167 e. The molecule has 4 rings (SSSR count). The third-order valence-corrected chi connectivity index (χ3v) is 5.58. The normalized spacial score (nSPS) is 10.8. The standard InChI is InChI=1S/C28H29N3O2/c1-3-4-5-12-19-33-24-18-17-23(25(32)20(24)2)28-30-26(21-13-8-6-9-14-21)29-27(31-28)22-15-10-7-11-16-22/h6-11,13-18,32H,3-5,12,19H2,1-2H3. The van der Waals surface area contributed by atoms with Crippen LogP contribution in [0.4, 0.5) is 0 Å². The van der Waals surface area contributed by atoms with Crippen molar-refractivity contribution in [2.45, 2.75) is 39.5 Å². The summed E-state index contributed by atoms with van der Waals surface area (Å²) in [5.74, 6) is 2.37. The lowest BCUT2D eigenvalue weighted by Gasteiger charge is -2.14. The molecule has 0 aliphatic carbocycles. The van der Waals surface area contributed by atoms with Gasteiger partial charge in [0.1, 0.15) is 11.5 Å². The third kappa shape index (κ3) is 5.37. The van der Waals surface area contributed by atoms with Crippen LogP contribution < -0.4 is 4.74 Å². The van der Waals surface area contributed by atoms with Gasteiger partial charge in [0, 0.05) is 16.7 Å². The van der Waals surface area contributed by atoms with Crippen LogP contribution in [0.3, 0.4) is 0 Å². The molecule has 1 aromatic heterocycles. The highest BCUT2D eigenvalue weighted by molar-refractivity contribution is 5.72. The Labute approximate surface area is 195 Å². The highest BCUT2D eigenvalue weighted by Crippen LogP contribution is 2.36. The van der Waals surface area contributed by atoms with Crippen molar-refractivity contribution in [2.24, 2.45) is 0 Å². The maximum Gasteiger partial charge on any atom is 0.167 e. The number of phenolic OH excluding ortho intramolecular Hbond substituents is 1. The first-order valence-corrected chi connectivity index (χ1v) is 11.5. The van der Waals surface area contributed by atoms with Crippen LogP contribution in [0.2, 0.25) is 0 Å². The van der Waals surface area contributed by atoms with Crippen molar-refractivity contribution in [3.8, 4) is 45.7 Å². The fourth-order valence-corrected chi connectivity index (χ4v) is 3.66. The Hall–Kier alpha value is -3.73. The number of ether oxygens (including phenoxy) is 1. The molecule has 1 N–H and O–H groups in total. The van der Waals surface area contributed by atoms with Gasteiger partial charge in [-0.1, -0.05) is 86.8 Å². The van der Waals surface area contributed by atoms with Crippen molar-refractivity contribution >= 4 is 0 Å². The summed E-state index contributed by atoms with van der Waals surface area (Å²) in [4.78, 5) is 14.1. The maximum absolute atomic E-state index is 11.0. The molecule has 168 valence electrons. The summed E-state index contributed by atoms with van der Waals surface area (Å²) in [7, 11) is 0. The second kappa shape index (κ2) is 10.7. The van der Waals surface area contributed by atoms with Crippen molar-refractivity contribution in [3.63, 3.8) is 0 Å². The molecular weight excluding hydrogens is 410 g/mol. The van der Waals surface area contributed by atoms with Gasteiger partial charge in [-0.05, 0) is 25.5 Å². The molecule has 5 nitrogen and oxygen atoms in total. The van der Waals surface area contributed by atoms with E-state index < -0.39 is 0 Å². The highest BCUT2D eigenvalue weighted by Gasteiger charge is 2.17.